The zero-order chi connectivity index (χ0) is 16.9. The van der Waals surface area contributed by atoms with Gasteiger partial charge in [-0.15, -0.1) is 0 Å². The van der Waals surface area contributed by atoms with Crippen LogP contribution in [0.25, 0.3) is 11.4 Å². The Balaban J connectivity index is 1.64. The molecular formula is C18H24N4O2. The van der Waals surface area contributed by atoms with Crippen LogP contribution in [0.3, 0.4) is 0 Å². The monoisotopic (exact) mass is 328 g/mol. The van der Waals surface area contributed by atoms with E-state index in [0.717, 1.165) is 12.0 Å². The first-order chi connectivity index (χ1) is 11.7. The molecule has 0 radical (unpaired) electrons. The first-order valence-corrected chi connectivity index (χ1v) is 8.50. The van der Waals surface area contributed by atoms with Gasteiger partial charge in [0.15, 0.2) is 12.4 Å². The van der Waals surface area contributed by atoms with Crippen LogP contribution in [0.15, 0.2) is 30.6 Å². The number of carbonyl (C=O) groups excluding carboxylic acids is 1. The summed E-state index contributed by atoms with van der Waals surface area (Å²) in [5.41, 5.74) is 0.802. The number of carbonyl (C=O) groups is 1. The van der Waals surface area contributed by atoms with Gasteiger partial charge < -0.3 is 9.64 Å². The third-order valence-electron chi connectivity index (χ3n) is 4.87. The van der Waals surface area contributed by atoms with Gasteiger partial charge in [0, 0.05) is 13.1 Å². The highest BCUT2D eigenvalue weighted by atomic mass is 16.5. The molecule has 1 N–H and O–H groups in total. The summed E-state index contributed by atoms with van der Waals surface area (Å²) in [5.74, 6) is 1.83. The largest absolute Gasteiger partial charge is 0.483 e. The second-order valence-electron chi connectivity index (χ2n) is 6.45. The van der Waals surface area contributed by atoms with Crippen molar-refractivity contribution in [3.05, 3.63) is 30.6 Å². The standard InChI is InChI=1S/C18H24N4O2/c1-13-7-3-5-9-15(13)22(2)17(23)11-24-16-10-6-4-8-14(16)18-19-12-20-21-18/h4,6,8,10,12-13,15H,3,5,7,9,11H2,1-2H3,(H,19,20,21)/t13-,15+/m0/s1. The fraction of sp³-hybridized carbons (Fsp3) is 0.500. The van der Waals surface area contributed by atoms with Gasteiger partial charge in [0.1, 0.15) is 12.1 Å². The lowest BCUT2D eigenvalue weighted by atomic mass is 9.85. The molecule has 1 amide bonds. The van der Waals surface area contributed by atoms with Crippen LogP contribution in [-0.2, 0) is 4.79 Å². The lowest BCUT2D eigenvalue weighted by molar-refractivity contribution is -0.135. The molecule has 1 saturated carbocycles. The van der Waals surface area contributed by atoms with Gasteiger partial charge in [-0.05, 0) is 30.9 Å². The Morgan fingerprint density at radius 3 is 2.88 bits per heavy atom. The number of rotatable bonds is 5. The Hall–Kier alpha value is -2.37. The lowest BCUT2D eigenvalue weighted by Crippen LogP contribution is -2.44. The quantitative estimate of drug-likeness (QED) is 0.916. The summed E-state index contributed by atoms with van der Waals surface area (Å²) in [5, 5.41) is 6.69. The molecule has 24 heavy (non-hydrogen) atoms. The topological polar surface area (TPSA) is 71.1 Å². The van der Waals surface area contributed by atoms with Crippen molar-refractivity contribution in [3.63, 3.8) is 0 Å². The zero-order valence-corrected chi connectivity index (χ0v) is 14.2. The van der Waals surface area contributed by atoms with Crippen molar-refractivity contribution in [2.75, 3.05) is 13.7 Å². The Morgan fingerprint density at radius 1 is 1.33 bits per heavy atom. The van der Waals surface area contributed by atoms with E-state index in [0.29, 0.717) is 23.5 Å². The Morgan fingerprint density at radius 2 is 2.12 bits per heavy atom. The van der Waals surface area contributed by atoms with E-state index in [-0.39, 0.29) is 12.5 Å². The van der Waals surface area contributed by atoms with Gasteiger partial charge in [-0.3, -0.25) is 9.89 Å². The van der Waals surface area contributed by atoms with Crippen molar-refractivity contribution in [1.29, 1.82) is 0 Å². The maximum absolute atomic E-state index is 12.5. The minimum Gasteiger partial charge on any atom is -0.483 e. The Kier molecular flexibility index (Phi) is 5.13. The Bertz CT molecular complexity index is 671. The maximum Gasteiger partial charge on any atom is 0.260 e. The van der Waals surface area contributed by atoms with Crippen LogP contribution in [0.2, 0.25) is 0 Å². The van der Waals surface area contributed by atoms with Gasteiger partial charge >= 0.3 is 0 Å². The molecule has 128 valence electrons. The fourth-order valence-corrected chi connectivity index (χ4v) is 3.42. The molecular weight excluding hydrogens is 304 g/mol. The molecule has 1 aliphatic carbocycles. The van der Waals surface area contributed by atoms with E-state index < -0.39 is 0 Å². The van der Waals surface area contributed by atoms with E-state index >= 15 is 0 Å². The summed E-state index contributed by atoms with van der Waals surface area (Å²) in [7, 11) is 1.89. The average Bonchev–Trinajstić information content (AvgIpc) is 3.14. The normalized spacial score (nSPS) is 20.6. The number of amides is 1. The van der Waals surface area contributed by atoms with Crippen LogP contribution in [0, 0.1) is 5.92 Å². The third kappa shape index (κ3) is 3.58. The number of nitrogens with one attached hydrogen (secondary N) is 1. The zero-order valence-electron chi connectivity index (χ0n) is 14.2. The molecule has 1 aromatic carbocycles. The van der Waals surface area contributed by atoms with Gasteiger partial charge in [0.05, 0.1) is 5.56 Å². The number of hydrogen-bond donors (Lipinski definition) is 1. The number of benzene rings is 1. The van der Waals surface area contributed by atoms with Crippen molar-refractivity contribution in [3.8, 4) is 17.1 Å². The molecule has 2 atom stereocenters. The van der Waals surface area contributed by atoms with Crippen molar-refractivity contribution in [2.24, 2.45) is 5.92 Å². The molecule has 2 aromatic rings. The highest BCUT2D eigenvalue weighted by Gasteiger charge is 2.28. The van der Waals surface area contributed by atoms with Crippen molar-refractivity contribution in [1.82, 2.24) is 20.1 Å². The van der Waals surface area contributed by atoms with E-state index in [1.54, 1.807) is 0 Å². The van der Waals surface area contributed by atoms with E-state index in [2.05, 4.69) is 22.1 Å². The number of likely N-dealkylation sites (N-methyl/N-ethyl adjacent to an activating group) is 1. The number of aromatic nitrogens is 3. The molecule has 0 spiro atoms. The summed E-state index contributed by atoms with van der Waals surface area (Å²) in [6.45, 7) is 2.26. The van der Waals surface area contributed by atoms with E-state index in [4.69, 9.17) is 4.74 Å². The molecule has 0 bridgehead atoms. The van der Waals surface area contributed by atoms with Crippen molar-refractivity contribution < 1.29 is 9.53 Å². The van der Waals surface area contributed by atoms with Crippen molar-refractivity contribution in [2.45, 2.75) is 38.6 Å². The van der Waals surface area contributed by atoms with Gasteiger partial charge in [0.2, 0.25) is 0 Å². The molecule has 1 aliphatic rings. The number of H-pyrrole nitrogens is 1. The van der Waals surface area contributed by atoms with Crippen molar-refractivity contribution >= 4 is 5.91 Å². The van der Waals surface area contributed by atoms with Crippen LogP contribution < -0.4 is 4.74 Å². The average molecular weight is 328 g/mol. The second-order valence-corrected chi connectivity index (χ2v) is 6.45. The van der Waals surface area contributed by atoms with Gasteiger partial charge in [0.25, 0.3) is 5.91 Å². The predicted octanol–water partition coefficient (Wildman–Crippen LogP) is 2.89. The first-order valence-electron chi connectivity index (χ1n) is 8.50. The molecule has 6 nitrogen and oxygen atoms in total. The molecule has 0 saturated heterocycles. The SMILES string of the molecule is C[C@H]1CCCC[C@H]1N(C)C(=O)COc1ccccc1-c1ncn[nH]1. The van der Waals surface area contributed by atoms with E-state index in [1.165, 1.54) is 25.6 Å². The molecule has 1 fully saturated rings. The van der Waals surface area contributed by atoms with Crippen LogP contribution in [-0.4, -0.2) is 45.7 Å². The fourth-order valence-electron chi connectivity index (χ4n) is 3.42. The molecule has 3 rings (SSSR count). The van der Waals surface area contributed by atoms with E-state index in [1.807, 2.05) is 36.2 Å². The van der Waals surface area contributed by atoms with Gasteiger partial charge in [-0.2, -0.15) is 5.10 Å². The molecule has 1 aromatic heterocycles. The van der Waals surface area contributed by atoms with Crippen LogP contribution >= 0.6 is 0 Å². The highest BCUT2D eigenvalue weighted by Crippen LogP contribution is 2.28. The predicted molar refractivity (Wildman–Crippen MR) is 91.5 cm³/mol. The minimum atomic E-state index is 0.0149. The van der Waals surface area contributed by atoms with E-state index in [9.17, 15) is 4.79 Å². The minimum absolute atomic E-state index is 0.0149. The number of hydrogen-bond acceptors (Lipinski definition) is 4. The highest BCUT2D eigenvalue weighted by molar-refractivity contribution is 5.78. The number of nitrogens with zero attached hydrogens (tertiary/aromatic N) is 3. The molecule has 0 aliphatic heterocycles. The molecule has 1 heterocycles. The lowest BCUT2D eigenvalue weighted by Gasteiger charge is -2.36. The number of para-hydroxylation sites is 1. The maximum atomic E-state index is 12.5. The smallest absolute Gasteiger partial charge is 0.260 e. The number of aromatic amines is 1. The van der Waals surface area contributed by atoms with Gasteiger partial charge in [-0.1, -0.05) is 31.9 Å². The van der Waals surface area contributed by atoms with Gasteiger partial charge in [-0.25, -0.2) is 4.98 Å². The second kappa shape index (κ2) is 7.47. The summed E-state index contributed by atoms with van der Waals surface area (Å²) >= 11 is 0. The summed E-state index contributed by atoms with van der Waals surface area (Å²) in [4.78, 5) is 18.5. The Labute approximate surface area is 142 Å². The van der Waals surface area contributed by atoms with Crippen LogP contribution in [0.4, 0.5) is 0 Å². The molecule has 6 heteroatoms. The summed E-state index contributed by atoms with van der Waals surface area (Å²) < 4.78 is 5.79. The third-order valence-corrected chi connectivity index (χ3v) is 4.87. The summed E-state index contributed by atoms with van der Waals surface area (Å²) in [6, 6.07) is 7.84. The van der Waals surface area contributed by atoms with Crippen LogP contribution in [0.5, 0.6) is 5.75 Å². The molecule has 0 unspecified atom stereocenters. The number of ether oxygens (including phenoxy) is 1. The summed E-state index contributed by atoms with van der Waals surface area (Å²) in [6.07, 6.45) is 6.19. The van der Waals surface area contributed by atoms with Crippen LogP contribution in [0.1, 0.15) is 32.6 Å². The first kappa shape index (κ1) is 16.5.